The summed E-state index contributed by atoms with van der Waals surface area (Å²) in [6.45, 7) is 0. The zero-order valence-electron chi connectivity index (χ0n) is 6.17. The van der Waals surface area contributed by atoms with Crippen LogP contribution in [0, 0.1) is 0 Å². The summed E-state index contributed by atoms with van der Waals surface area (Å²) in [4.78, 5) is 4.03. The molecule has 1 aromatic heterocycles. The van der Waals surface area contributed by atoms with Crippen molar-refractivity contribution >= 4 is 28.3 Å². The summed E-state index contributed by atoms with van der Waals surface area (Å²) in [5.74, 6) is 0.239. The number of hydrogen-bond donors (Lipinski definition) is 1. The Morgan fingerprint density at radius 3 is 2.46 bits per heavy atom. The average Bonchev–Trinajstić information content (AvgIpc) is 2.06. The molecular weight excluding hydrogens is 360 g/mol. The van der Waals surface area contributed by atoms with Crippen molar-refractivity contribution in [2.75, 3.05) is 0 Å². The van der Waals surface area contributed by atoms with Gasteiger partial charge in [-0.2, -0.15) is 0 Å². The Bertz CT molecular complexity index is 389. The van der Waals surface area contributed by atoms with Crippen LogP contribution in [0.2, 0.25) is 0 Å². The number of aromatic nitrogens is 1. The quantitative estimate of drug-likeness (QED) is 0.695. The number of rotatable bonds is 0. The molecule has 0 radical (unpaired) electrons. The first-order valence-corrected chi connectivity index (χ1v) is 3.40. The van der Waals surface area contributed by atoms with Gasteiger partial charge < -0.3 is 5.11 Å². The van der Waals surface area contributed by atoms with Gasteiger partial charge in [-0.15, -0.1) is 0 Å². The first-order chi connectivity index (χ1) is 5.38. The number of nitrogens with zero attached hydrogens (tertiary/aromatic N) is 1. The van der Waals surface area contributed by atoms with Gasteiger partial charge in [-0.25, -0.2) is 0 Å². The van der Waals surface area contributed by atoms with Gasteiger partial charge in [0.05, 0.1) is 0 Å². The van der Waals surface area contributed by atoms with E-state index in [0.29, 0.717) is 5.52 Å². The number of phenols is 1. The molecule has 0 saturated heterocycles. The van der Waals surface area contributed by atoms with Gasteiger partial charge in [0.2, 0.25) is 0 Å². The fourth-order valence-corrected chi connectivity index (χ4v) is 1.09. The monoisotopic (exact) mass is 370 g/mol. The minimum absolute atomic E-state index is 0. The summed E-state index contributed by atoms with van der Waals surface area (Å²) in [6, 6.07) is 9.13. The predicted molar refractivity (Wildman–Crippen MR) is 53.3 cm³/mol. The average molecular weight is 370 g/mol. The van der Waals surface area contributed by atoms with Crippen molar-refractivity contribution < 1.29 is 26.2 Å². The molecule has 0 spiro atoms. The second kappa shape index (κ2) is 5.40. The van der Waals surface area contributed by atoms with Gasteiger partial charge in [-0.3, -0.25) is 4.98 Å². The van der Waals surface area contributed by atoms with Crippen molar-refractivity contribution in [1.29, 1.82) is 0 Å². The Morgan fingerprint density at radius 2 is 1.77 bits per heavy atom. The molecule has 0 aliphatic rings. The van der Waals surface area contributed by atoms with E-state index in [0.717, 1.165) is 5.39 Å². The molecule has 0 amide bonds. The van der Waals surface area contributed by atoms with Crippen molar-refractivity contribution in [2.24, 2.45) is 0 Å². The van der Waals surface area contributed by atoms with Crippen LogP contribution >= 0.6 is 0 Å². The number of hydrogen-bond acceptors (Lipinski definition) is 2. The van der Waals surface area contributed by atoms with Crippen LogP contribution in [0.25, 0.3) is 10.9 Å². The summed E-state index contributed by atoms with van der Waals surface area (Å²) < 4.78 is 0. The first-order valence-electron chi connectivity index (χ1n) is 3.40. The molecule has 0 bridgehead atoms. The molecule has 1 N–H and O–H groups in total. The van der Waals surface area contributed by atoms with Gasteiger partial charge >= 0.3 is 0 Å². The van der Waals surface area contributed by atoms with E-state index >= 15 is 0 Å². The van der Waals surface area contributed by atoms with E-state index in [1.807, 2.05) is 18.2 Å². The van der Waals surface area contributed by atoms with E-state index in [9.17, 15) is 5.11 Å². The first kappa shape index (κ1) is 12.7. The minimum atomic E-state index is 0. The van der Waals surface area contributed by atoms with Crippen LogP contribution in [0.3, 0.4) is 0 Å². The molecule has 0 saturated carbocycles. The van der Waals surface area contributed by atoms with Crippen LogP contribution in [0.1, 0.15) is 0 Å². The number of aromatic hydroxyl groups is 1. The summed E-state index contributed by atoms with van der Waals surface area (Å²) in [6.07, 6.45) is 1.67. The van der Waals surface area contributed by atoms with E-state index in [4.69, 9.17) is 0 Å². The molecule has 0 aliphatic carbocycles. The number of phenolic OH excluding ortho intramolecular Hbond substituents is 1. The van der Waals surface area contributed by atoms with Crippen molar-refractivity contribution in [2.45, 2.75) is 0 Å². The van der Waals surface area contributed by atoms with Gasteiger partial charge in [-0.05, 0) is 12.1 Å². The zero-order chi connectivity index (χ0) is 7.68. The second-order valence-corrected chi connectivity index (χ2v) is 2.35. The topological polar surface area (TPSA) is 33.1 Å². The van der Waals surface area contributed by atoms with E-state index in [1.54, 1.807) is 18.3 Å². The molecule has 1 heterocycles. The molecule has 2 aromatic rings. The summed E-state index contributed by atoms with van der Waals surface area (Å²) in [5.41, 5.74) is 0.662. The Morgan fingerprint density at radius 1 is 1.08 bits per heavy atom. The van der Waals surface area contributed by atoms with E-state index in [-0.39, 0.29) is 44.2 Å². The van der Waals surface area contributed by atoms with Crippen molar-refractivity contribution in [3.63, 3.8) is 0 Å². The molecule has 0 aliphatic heterocycles. The molecule has 4 heteroatoms. The van der Waals surface area contributed by atoms with Crippen molar-refractivity contribution in [3.05, 3.63) is 36.5 Å². The van der Waals surface area contributed by atoms with Crippen molar-refractivity contribution in [3.8, 4) is 5.75 Å². The molecule has 2 nitrogen and oxygen atoms in total. The molecule has 13 heavy (non-hydrogen) atoms. The summed E-state index contributed by atoms with van der Waals surface area (Å²) >= 11 is 0. The van der Waals surface area contributed by atoms with Gasteiger partial charge in [-0.1, -0.05) is 18.2 Å². The summed E-state index contributed by atoms with van der Waals surface area (Å²) in [5, 5.41) is 10.3. The SMILES string of the molecule is Oc1cccc2cccnc12.[AlH3].[Pt]. The number of pyridine rings is 1. The molecule has 1 aromatic carbocycles. The molecular formula is C9H10AlNOPt. The maximum absolute atomic E-state index is 9.31. The third kappa shape index (κ3) is 2.54. The van der Waals surface area contributed by atoms with Gasteiger partial charge in [0.1, 0.15) is 11.3 Å². The van der Waals surface area contributed by atoms with Crippen LogP contribution in [0.5, 0.6) is 5.75 Å². The summed E-state index contributed by atoms with van der Waals surface area (Å²) in [7, 11) is 0. The van der Waals surface area contributed by atoms with Gasteiger partial charge in [0.25, 0.3) is 0 Å². The van der Waals surface area contributed by atoms with E-state index in [2.05, 4.69) is 4.98 Å². The molecule has 0 atom stereocenters. The molecule has 70 valence electrons. The van der Waals surface area contributed by atoms with Crippen LogP contribution < -0.4 is 0 Å². The fourth-order valence-electron chi connectivity index (χ4n) is 1.09. The van der Waals surface area contributed by atoms with Crippen LogP contribution in [-0.2, 0) is 21.1 Å². The Balaban J connectivity index is 0.000000720. The number of benzene rings is 1. The second-order valence-electron chi connectivity index (χ2n) is 2.35. The predicted octanol–water partition coefficient (Wildman–Crippen LogP) is 0.754. The van der Waals surface area contributed by atoms with Gasteiger partial charge in [0, 0.05) is 32.6 Å². The molecule has 0 fully saturated rings. The van der Waals surface area contributed by atoms with Crippen LogP contribution in [0.4, 0.5) is 0 Å². The Kier molecular flexibility index (Phi) is 5.25. The molecule has 2 rings (SSSR count). The standard InChI is InChI=1S/C9H7NO.Al.Pt.3H/c11-8-5-1-3-7-4-2-6-10-9(7)8;;;;;/h1-6,11H;;;;;. The third-order valence-electron chi connectivity index (χ3n) is 1.61. The van der Waals surface area contributed by atoms with E-state index < -0.39 is 0 Å². The number of para-hydroxylation sites is 1. The Labute approximate surface area is 101 Å². The maximum atomic E-state index is 9.31. The fraction of sp³-hybridized carbons (Fsp3) is 0. The smallest absolute Gasteiger partial charge is 0.187 e. The van der Waals surface area contributed by atoms with E-state index in [1.165, 1.54) is 0 Å². The zero-order valence-corrected chi connectivity index (χ0v) is 8.45. The van der Waals surface area contributed by atoms with Crippen LogP contribution in [-0.4, -0.2) is 27.5 Å². The van der Waals surface area contributed by atoms with Gasteiger partial charge in [0.15, 0.2) is 17.4 Å². The normalized spacial score (nSPS) is 8.62. The third-order valence-corrected chi connectivity index (χ3v) is 1.61. The molecule has 0 unspecified atom stereocenters. The maximum Gasteiger partial charge on any atom is 0.187 e. The Hall–Kier alpha value is -0.349. The van der Waals surface area contributed by atoms with Crippen molar-refractivity contribution in [1.82, 2.24) is 4.98 Å². The van der Waals surface area contributed by atoms with Crippen LogP contribution in [0.15, 0.2) is 36.5 Å². The number of fused-ring (bicyclic) bond motifs is 1. The largest absolute Gasteiger partial charge is 0.506 e. The minimum Gasteiger partial charge on any atom is -0.506 e.